The fourth-order valence-corrected chi connectivity index (χ4v) is 3.23. The maximum absolute atomic E-state index is 14.2. The van der Waals surface area contributed by atoms with Crippen LogP contribution in [0.4, 0.5) is 8.78 Å². The summed E-state index contributed by atoms with van der Waals surface area (Å²) in [4.78, 5) is 0. The molecule has 0 aliphatic carbocycles. The molecule has 0 radical (unpaired) electrons. The molecule has 250 valence electrons. The van der Waals surface area contributed by atoms with E-state index in [1.807, 2.05) is 19.9 Å². The Morgan fingerprint density at radius 2 is 1.47 bits per heavy atom. The Bertz CT molecular complexity index is 1220. The van der Waals surface area contributed by atoms with E-state index in [0.717, 1.165) is 29.9 Å². The minimum Gasteiger partial charge on any atom is -0.207 e. The highest BCUT2D eigenvalue weighted by molar-refractivity contribution is 5.72. The maximum atomic E-state index is 14.2. The molecule has 0 aliphatic rings. The Kier molecular flexibility index (Phi) is 27.4. The largest absolute Gasteiger partial charge is 0.207 e. The van der Waals surface area contributed by atoms with Gasteiger partial charge in [-0.15, -0.1) is 6.58 Å². The molecule has 0 aliphatic heterocycles. The van der Waals surface area contributed by atoms with E-state index in [2.05, 4.69) is 81.2 Å². The van der Waals surface area contributed by atoms with E-state index in [9.17, 15) is 8.78 Å². The zero-order valence-electron chi connectivity index (χ0n) is 30.7. The average molecular weight is 620 g/mol. The van der Waals surface area contributed by atoms with Crippen molar-refractivity contribution >= 4 is 5.57 Å². The van der Waals surface area contributed by atoms with E-state index in [1.54, 1.807) is 56.3 Å². The van der Waals surface area contributed by atoms with Gasteiger partial charge in [-0.2, -0.15) is 5.26 Å². The summed E-state index contributed by atoms with van der Waals surface area (Å²) >= 11 is 0. The smallest absolute Gasteiger partial charge is 0.127 e. The van der Waals surface area contributed by atoms with E-state index >= 15 is 0 Å². The highest BCUT2D eigenvalue weighted by Gasteiger charge is 2.08. The van der Waals surface area contributed by atoms with Gasteiger partial charge < -0.3 is 0 Å². The van der Waals surface area contributed by atoms with Gasteiger partial charge >= 0.3 is 0 Å². The van der Waals surface area contributed by atoms with Gasteiger partial charge in [-0.25, -0.2) is 8.78 Å². The molecule has 2 aromatic carbocycles. The molecule has 0 atom stereocenters. The predicted molar refractivity (Wildman–Crippen MR) is 198 cm³/mol. The molecule has 0 fully saturated rings. The number of rotatable bonds is 9. The van der Waals surface area contributed by atoms with Gasteiger partial charge in [-0.1, -0.05) is 142 Å². The van der Waals surface area contributed by atoms with Gasteiger partial charge in [0.05, 0.1) is 11.6 Å². The van der Waals surface area contributed by atoms with Crippen molar-refractivity contribution in [1.29, 1.82) is 5.26 Å². The van der Waals surface area contributed by atoms with Crippen LogP contribution in [-0.4, -0.2) is 0 Å². The van der Waals surface area contributed by atoms with E-state index in [4.69, 9.17) is 5.26 Å². The predicted octanol–water partition coefficient (Wildman–Crippen LogP) is 14.2. The fourth-order valence-electron chi connectivity index (χ4n) is 3.23. The normalized spacial score (nSPS) is 10.9. The summed E-state index contributed by atoms with van der Waals surface area (Å²) in [6.45, 7) is 36.0. The number of halogens is 2. The number of benzene rings is 2. The lowest BCUT2D eigenvalue weighted by molar-refractivity contribution is 0.469. The standard InChI is InChI=1S/C17H16FN.C9H11F.C7H16.C5H12.C4H8/c1-5-14(12(2)3)10-17(18)13(4)16-9-7-6-8-15(16)11-19;1-2-4-8-5-3-6-9(10)7-8;1-4-5-6-7(2)3;1-5(2,3)4;1-4(2)3/h5-10H,1-2H2,3-4H3;3,5-7H,2,4H2,1H3;7H,4-6H2,1-3H3;1-4H3;1H2,2-3H3/b14-10+,17-13-;;;;. The van der Waals surface area contributed by atoms with Crippen LogP contribution in [-0.2, 0) is 6.42 Å². The first kappa shape index (κ1) is 45.9. The average Bonchev–Trinajstić information content (AvgIpc) is 2.93. The number of aryl methyl sites for hydroxylation is 1. The minimum atomic E-state index is -0.388. The molecule has 3 heteroatoms. The van der Waals surface area contributed by atoms with Gasteiger partial charge in [-0.05, 0) is 92.0 Å². The van der Waals surface area contributed by atoms with Crippen molar-refractivity contribution in [3.63, 3.8) is 0 Å². The van der Waals surface area contributed by atoms with Crippen LogP contribution in [0.1, 0.15) is 125 Å². The second-order valence-corrected chi connectivity index (χ2v) is 13.3. The molecular weight excluding hydrogens is 556 g/mol. The molecule has 0 saturated carbocycles. The molecule has 0 N–H and O–H groups in total. The summed E-state index contributed by atoms with van der Waals surface area (Å²) in [6.07, 6.45) is 9.14. The lowest BCUT2D eigenvalue weighted by Crippen LogP contribution is -1.93. The maximum Gasteiger partial charge on any atom is 0.127 e. The number of hydrogen-bond donors (Lipinski definition) is 0. The second kappa shape index (κ2) is 26.9. The summed E-state index contributed by atoms with van der Waals surface area (Å²) in [5.74, 6) is 0.381. The van der Waals surface area contributed by atoms with Gasteiger partial charge in [0, 0.05) is 0 Å². The molecule has 2 aromatic rings. The first-order valence-electron chi connectivity index (χ1n) is 16.1. The Labute approximate surface area is 277 Å². The van der Waals surface area contributed by atoms with Crippen molar-refractivity contribution in [1.82, 2.24) is 0 Å². The Morgan fingerprint density at radius 1 is 0.933 bits per heavy atom. The number of nitrogens with zero attached hydrogens (tertiary/aromatic N) is 1. The fraction of sp³-hybridized carbons (Fsp3) is 0.452. The molecule has 0 heterocycles. The van der Waals surface area contributed by atoms with Crippen LogP contribution >= 0.6 is 0 Å². The summed E-state index contributed by atoms with van der Waals surface area (Å²) in [6, 6.07) is 15.8. The van der Waals surface area contributed by atoms with Crippen LogP contribution in [0.2, 0.25) is 0 Å². The molecule has 2 rings (SSSR count). The van der Waals surface area contributed by atoms with Crippen LogP contribution in [0.5, 0.6) is 0 Å². The topological polar surface area (TPSA) is 23.8 Å². The molecular formula is C42H63F2N. The van der Waals surface area contributed by atoms with Crippen LogP contribution in [0.15, 0.2) is 103 Å². The molecule has 0 bridgehead atoms. The van der Waals surface area contributed by atoms with Crippen LogP contribution in [0.3, 0.4) is 0 Å². The second-order valence-electron chi connectivity index (χ2n) is 13.3. The highest BCUT2D eigenvalue weighted by Crippen LogP contribution is 2.25. The third-order valence-corrected chi connectivity index (χ3v) is 5.37. The quantitative estimate of drug-likeness (QED) is 0.202. The van der Waals surface area contributed by atoms with Gasteiger partial charge in [0.25, 0.3) is 0 Å². The summed E-state index contributed by atoms with van der Waals surface area (Å²) < 4.78 is 26.7. The molecule has 1 nitrogen and oxygen atoms in total. The zero-order valence-corrected chi connectivity index (χ0v) is 30.7. The van der Waals surface area contributed by atoms with Crippen molar-refractivity contribution in [2.24, 2.45) is 11.3 Å². The number of nitriles is 1. The lowest BCUT2D eigenvalue weighted by atomic mass is 9.99. The summed E-state index contributed by atoms with van der Waals surface area (Å²) in [5, 5.41) is 9.02. The molecule has 0 amide bonds. The van der Waals surface area contributed by atoms with E-state index < -0.39 is 0 Å². The van der Waals surface area contributed by atoms with E-state index in [1.165, 1.54) is 37.0 Å². The molecule has 0 saturated heterocycles. The first-order chi connectivity index (χ1) is 20.8. The Morgan fingerprint density at radius 3 is 1.84 bits per heavy atom. The zero-order chi connectivity index (χ0) is 35.6. The molecule has 0 spiro atoms. The minimum absolute atomic E-state index is 0.133. The molecule has 0 aromatic heterocycles. The van der Waals surface area contributed by atoms with Crippen molar-refractivity contribution in [2.75, 3.05) is 0 Å². The summed E-state index contributed by atoms with van der Waals surface area (Å²) in [5.41, 5.74) is 5.63. The number of allylic oxidation sites excluding steroid dienone is 7. The van der Waals surface area contributed by atoms with Crippen LogP contribution in [0, 0.1) is 28.5 Å². The van der Waals surface area contributed by atoms with Crippen molar-refractivity contribution < 1.29 is 8.78 Å². The third kappa shape index (κ3) is 30.3. The number of unbranched alkanes of at least 4 members (excludes halogenated alkanes) is 1. The third-order valence-electron chi connectivity index (χ3n) is 5.37. The van der Waals surface area contributed by atoms with E-state index in [-0.39, 0.29) is 11.6 Å². The van der Waals surface area contributed by atoms with Gasteiger partial charge in [0.2, 0.25) is 0 Å². The summed E-state index contributed by atoms with van der Waals surface area (Å²) in [7, 11) is 0. The van der Waals surface area contributed by atoms with Gasteiger partial charge in [0.1, 0.15) is 11.6 Å². The van der Waals surface area contributed by atoms with Gasteiger partial charge in [-0.3, -0.25) is 0 Å². The van der Waals surface area contributed by atoms with Crippen molar-refractivity contribution in [3.8, 4) is 6.07 Å². The lowest BCUT2D eigenvalue weighted by Gasteiger charge is -2.06. The monoisotopic (exact) mass is 619 g/mol. The van der Waals surface area contributed by atoms with Crippen LogP contribution in [0.25, 0.3) is 5.57 Å². The van der Waals surface area contributed by atoms with Crippen molar-refractivity contribution in [2.45, 2.75) is 115 Å². The highest BCUT2D eigenvalue weighted by atomic mass is 19.1. The molecule has 45 heavy (non-hydrogen) atoms. The number of hydrogen-bond acceptors (Lipinski definition) is 1. The first-order valence-corrected chi connectivity index (χ1v) is 16.1. The Hall–Kier alpha value is -3.51. The van der Waals surface area contributed by atoms with E-state index in [0.29, 0.717) is 27.7 Å². The molecule has 0 unspecified atom stereocenters. The van der Waals surface area contributed by atoms with Crippen molar-refractivity contribution in [3.05, 3.63) is 125 Å². The van der Waals surface area contributed by atoms with Crippen LogP contribution < -0.4 is 0 Å². The Balaban J connectivity index is -0.000000566. The van der Waals surface area contributed by atoms with Gasteiger partial charge in [0.15, 0.2) is 0 Å². The SMILES string of the molecule is C=C(C)C.C=C/C(=C\C(F)=C(/C)c1ccccc1C#N)C(=C)C.CC(C)(C)C.CCCCC(C)C.CCCc1cccc(F)c1.